The Balaban J connectivity index is 2.41. The summed E-state index contributed by atoms with van der Waals surface area (Å²) < 4.78 is 0. The fourth-order valence-electron chi connectivity index (χ4n) is 3.19. The molecule has 2 aromatic carbocycles. The molecule has 0 saturated heterocycles. The van der Waals surface area contributed by atoms with Gasteiger partial charge < -0.3 is 10.2 Å². The zero-order valence-electron chi connectivity index (χ0n) is 17.8. The van der Waals surface area contributed by atoms with Crippen LogP contribution in [0.4, 0.5) is 0 Å². The molecule has 1 atom stereocenters. The summed E-state index contributed by atoms with van der Waals surface area (Å²) in [5.41, 5.74) is 1.64. The molecule has 162 valence electrons. The molecule has 1 N–H and O–H groups in total. The second-order valence-electron chi connectivity index (χ2n) is 7.82. The minimum absolute atomic E-state index is 0.0888. The zero-order valence-corrected chi connectivity index (χ0v) is 19.3. The van der Waals surface area contributed by atoms with Crippen molar-refractivity contribution in [1.29, 1.82) is 0 Å². The van der Waals surface area contributed by atoms with E-state index < -0.39 is 6.04 Å². The fraction of sp³-hybridized carbons (Fsp3) is 0.417. The number of carbonyl (C=O) groups is 2. The van der Waals surface area contributed by atoms with E-state index in [1.807, 2.05) is 51.1 Å². The Morgan fingerprint density at radius 1 is 1.00 bits per heavy atom. The lowest BCUT2D eigenvalue weighted by Gasteiger charge is -2.32. The van der Waals surface area contributed by atoms with E-state index in [9.17, 15) is 9.59 Å². The van der Waals surface area contributed by atoms with Gasteiger partial charge in [-0.1, -0.05) is 80.4 Å². The van der Waals surface area contributed by atoms with E-state index in [2.05, 4.69) is 5.32 Å². The van der Waals surface area contributed by atoms with E-state index in [4.69, 9.17) is 23.2 Å². The molecule has 30 heavy (non-hydrogen) atoms. The highest BCUT2D eigenvalue weighted by Gasteiger charge is 2.30. The quantitative estimate of drug-likeness (QED) is 0.520. The maximum Gasteiger partial charge on any atom is 0.243 e. The average Bonchev–Trinajstić information content (AvgIpc) is 2.71. The lowest BCUT2D eigenvalue weighted by molar-refractivity contribution is -0.141. The van der Waals surface area contributed by atoms with E-state index >= 15 is 0 Å². The van der Waals surface area contributed by atoms with Crippen molar-refractivity contribution >= 4 is 35.0 Å². The molecule has 0 bridgehead atoms. The summed E-state index contributed by atoms with van der Waals surface area (Å²) in [6, 6.07) is 14.3. The lowest BCUT2D eigenvalue weighted by atomic mass is 10.0. The van der Waals surface area contributed by atoms with Crippen molar-refractivity contribution in [1.82, 2.24) is 10.2 Å². The molecule has 6 heteroatoms. The minimum Gasteiger partial charge on any atom is -0.354 e. The number of hydrogen-bond acceptors (Lipinski definition) is 2. The van der Waals surface area contributed by atoms with Gasteiger partial charge in [-0.25, -0.2) is 0 Å². The second-order valence-corrected chi connectivity index (χ2v) is 8.63. The molecule has 2 aromatic rings. The van der Waals surface area contributed by atoms with Crippen LogP contribution in [0.5, 0.6) is 0 Å². The molecule has 0 aromatic heterocycles. The van der Waals surface area contributed by atoms with Crippen LogP contribution < -0.4 is 5.32 Å². The van der Waals surface area contributed by atoms with Crippen molar-refractivity contribution in [3.05, 3.63) is 69.7 Å². The van der Waals surface area contributed by atoms with Gasteiger partial charge in [0.25, 0.3) is 0 Å². The smallest absolute Gasteiger partial charge is 0.243 e. The molecule has 0 aliphatic rings. The predicted molar refractivity (Wildman–Crippen MR) is 124 cm³/mol. The number of amides is 2. The van der Waals surface area contributed by atoms with Crippen LogP contribution in [0.1, 0.15) is 44.7 Å². The van der Waals surface area contributed by atoms with Crippen LogP contribution >= 0.6 is 23.2 Å². The van der Waals surface area contributed by atoms with Gasteiger partial charge in [0, 0.05) is 41.5 Å². The first-order chi connectivity index (χ1) is 14.3. The number of rotatable bonds is 10. The lowest BCUT2D eigenvalue weighted by Crippen LogP contribution is -2.51. The highest BCUT2D eigenvalue weighted by atomic mass is 35.5. The fourth-order valence-corrected chi connectivity index (χ4v) is 3.70. The second kappa shape index (κ2) is 12.0. The number of nitrogens with one attached hydrogen (secondary N) is 1. The minimum atomic E-state index is -0.655. The molecule has 0 aliphatic carbocycles. The highest BCUT2D eigenvalue weighted by molar-refractivity contribution is 6.36. The van der Waals surface area contributed by atoms with Gasteiger partial charge in [-0.2, -0.15) is 0 Å². The molecule has 0 aliphatic heterocycles. The van der Waals surface area contributed by atoms with E-state index in [1.165, 1.54) is 0 Å². The van der Waals surface area contributed by atoms with Gasteiger partial charge in [-0.05, 0) is 30.0 Å². The topological polar surface area (TPSA) is 49.4 Å². The molecule has 0 fully saturated rings. The van der Waals surface area contributed by atoms with Gasteiger partial charge in [0.1, 0.15) is 6.04 Å². The first-order valence-electron chi connectivity index (χ1n) is 10.4. The van der Waals surface area contributed by atoms with Crippen LogP contribution in [0.15, 0.2) is 48.5 Å². The number of halogens is 2. The molecular weight excluding hydrogens is 419 g/mol. The van der Waals surface area contributed by atoms with Gasteiger partial charge in [0.05, 0.1) is 0 Å². The molecule has 4 nitrogen and oxygen atoms in total. The third kappa shape index (κ3) is 7.03. The maximum atomic E-state index is 13.2. The summed E-state index contributed by atoms with van der Waals surface area (Å²) in [4.78, 5) is 27.9. The molecule has 2 amide bonds. The van der Waals surface area contributed by atoms with Gasteiger partial charge >= 0.3 is 0 Å². The number of benzene rings is 2. The summed E-state index contributed by atoms with van der Waals surface area (Å²) in [5, 5.41) is 3.96. The third-order valence-electron chi connectivity index (χ3n) is 4.81. The van der Waals surface area contributed by atoms with Crippen LogP contribution in [0, 0.1) is 5.92 Å². The molecule has 0 unspecified atom stereocenters. The molecule has 2 rings (SSSR count). The Labute approximate surface area is 189 Å². The Kier molecular flexibility index (Phi) is 9.67. The summed E-state index contributed by atoms with van der Waals surface area (Å²) in [6.07, 6.45) is 1.46. The molecule has 0 radical (unpaired) electrons. The maximum absolute atomic E-state index is 13.2. The number of hydrogen-bond donors (Lipinski definition) is 1. The van der Waals surface area contributed by atoms with Gasteiger partial charge in [-0.3, -0.25) is 9.59 Å². The zero-order chi connectivity index (χ0) is 22.1. The molecule has 0 heterocycles. The Morgan fingerprint density at radius 2 is 1.63 bits per heavy atom. The third-order valence-corrected chi connectivity index (χ3v) is 5.52. The number of nitrogens with zero attached hydrogens (tertiary/aromatic N) is 1. The van der Waals surface area contributed by atoms with Crippen molar-refractivity contribution in [2.24, 2.45) is 5.92 Å². The highest BCUT2D eigenvalue weighted by Crippen LogP contribution is 2.27. The SMILES string of the molecule is CCCC(=O)N(Cc1c(Cl)cccc1Cl)[C@H](Cc1ccccc1)C(=O)NCC(C)C. The van der Waals surface area contributed by atoms with Crippen LogP contribution in [0.25, 0.3) is 0 Å². The number of carbonyl (C=O) groups excluding carboxylic acids is 2. The van der Waals surface area contributed by atoms with Crippen molar-refractivity contribution in [3.8, 4) is 0 Å². The monoisotopic (exact) mass is 448 g/mol. The van der Waals surface area contributed by atoms with Crippen molar-refractivity contribution in [3.63, 3.8) is 0 Å². The van der Waals surface area contributed by atoms with Gasteiger partial charge in [-0.15, -0.1) is 0 Å². The van der Waals surface area contributed by atoms with E-state index in [0.29, 0.717) is 47.3 Å². The first kappa shape index (κ1) is 24.2. The summed E-state index contributed by atoms with van der Waals surface area (Å²) in [7, 11) is 0. The van der Waals surface area contributed by atoms with Crippen LogP contribution in [-0.4, -0.2) is 29.3 Å². The van der Waals surface area contributed by atoms with Crippen LogP contribution in [0.2, 0.25) is 10.0 Å². The van der Waals surface area contributed by atoms with Gasteiger partial charge in [0.15, 0.2) is 0 Å². The van der Waals surface area contributed by atoms with E-state index in [-0.39, 0.29) is 18.4 Å². The van der Waals surface area contributed by atoms with Gasteiger partial charge in [0.2, 0.25) is 11.8 Å². The van der Waals surface area contributed by atoms with Crippen molar-refractivity contribution in [2.75, 3.05) is 6.54 Å². The predicted octanol–water partition coefficient (Wildman–Crippen LogP) is 5.51. The molecule has 0 saturated carbocycles. The van der Waals surface area contributed by atoms with E-state index in [1.54, 1.807) is 23.1 Å². The first-order valence-corrected chi connectivity index (χ1v) is 11.1. The summed E-state index contributed by atoms with van der Waals surface area (Å²) in [5.74, 6) is 0.0541. The molecule has 0 spiro atoms. The van der Waals surface area contributed by atoms with Crippen molar-refractivity contribution < 1.29 is 9.59 Å². The average molecular weight is 449 g/mol. The normalized spacial score (nSPS) is 11.9. The summed E-state index contributed by atoms with van der Waals surface area (Å²) >= 11 is 12.8. The Bertz CT molecular complexity index is 820. The Hall–Kier alpha value is -2.04. The molecular formula is C24H30Cl2N2O2. The standard InChI is InChI=1S/C24H30Cl2N2O2/c1-4-9-23(29)28(16-19-20(25)12-8-13-21(19)26)22(24(30)27-15-17(2)3)14-18-10-6-5-7-11-18/h5-8,10-13,17,22H,4,9,14-16H2,1-3H3,(H,27,30)/t22-/m1/s1. The van der Waals surface area contributed by atoms with Crippen LogP contribution in [-0.2, 0) is 22.6 Å². The largest absolute Gasteiger partial charge is 0.354 e. The Morgan fingerprint density at radius 3 is 2.20 bits per heavy atom. The van der Waals surface area contributed by atoms with Crippen molar-refractivity contribution in [2.45, 2.75) is 52.6 Å². The van der Waals surface area contributed by atoms with E-state index in [0.717, 1.165) is 5.56 Å². The van der Waals surface area contributed by atoms with Crippen LogP contribution in [0.3, 0.4) is 0 Å². The summed E-state index contributed by atoms with van der Waals surface area (Å²) in [6.45, 7) is 6.76.